The van der Waals surface area contributed by atoms with Gasteiger partial charge in [-0.1, -0.05) is 12.1 Å². The zero-order chi connectivity index (χ0) is 21.1. The Kier molecular flexibility index (Phi) is 5.68. The molecule has 1 aromatic heterocycles. The summed E-state index contributed by atoms with van der Waals surface area (Å²) in [5, 5.41) is 0.728. The SMILES string of the molecule is COC(=O)c1ccccc1N(C)C(=O)Cc1c(C)c2ccc(OC)cc2oc1=O. The van der Waals surface area contributed by atoms with Gasteiger partial charge in [0.1, 0.15) is 11.3 Å². The first-order valence-electron chi connectivity index (χ1n) is 8.91. The van der Waals surface area contributed by atoms with E-state index in [0.717, 1.165) is 5.39 Å². The highest BCUT2D eigenvalue weighted by molar-refractivity contribution is 6.03. The lowest BCUT2D eigenvalue weighted by molar-refractivity contribution is -0.117. The van der Waals surface area contributed by atoms with Crippen LogP contribution >= 0.6 is 0 Å². The molecule has 0 aliphatic carbocycles. The second-order valence-electron chi connectivity index (χ2n) is 6.49. The number of hydrogen-bond donors (Lipinski definition) is 0. The molecule has 0 saturated heterocycles. The van der Waals surface area contributed by atoms with Crippen LogP contribution in [0.25, 0.3) is 11.0 Å². The maximum atomic E-state index is 12.9. The van der Waals surface area contributed by atoms with Crippen LogP contribution in [0.2, 0.25) is 0 Å². The summed E-state index contributed by atoms with van der Waals surface area (Å²) in [6.07, 6.45) is -0.165. The minimum Gasteiger partial charge on any atom is -0.497 e. The van der Waals surface area contributed by atoms with Crippen molar-refractivity contribution in [2.75, 3.05) is 26.2 Å². The monoisotopic (exact) mass is 395 g/mol. The van der Waals surface area contributed by atoms with Crippen LogP contribution in [-0.2, 0) is 16.0 Å². The third-order valence-corrected chi connectivity index (χ3v) is 4.87. The highest BCUT2D eigenvalue weighted by Crippen LogP contribution is 2.25. The second kappa shape index (κ2) is 8.18. The van der Waals surface area contributed by atoms with E-state index >= 15 is 0 Å². The number of aryl methyl sites for hydroxylation is 1. The van der Waals surface area contributed by atoms with Crippen LogP contribution in [0.1, 0.15) is 21.5 Å². The molecular weight excluding hydrogens is 374 g/mol. The molecule has 29 heavy (non-hydrogen) atoms. The van der Waals surface area contributed by atoms with Gasteiger partial charge in [0, 0.05) is 18.5 Å². The van der Waals surface area contributed by atoms with Crippen molar-refractivity contribution in [2.45, 2.75) is 13.3 Å². The predicted octanol–water partition coefficient (Wildman–Crippen LogP) is 3.10. The van der Waals surface area contributed by atoms with Crippen molar-refractivity contribution >= 4 is 28.5 Å². The van der Waals surface area contributed by atoms with Gasteiger partial charge in [0.25, 0.3) is 0 Å². The Morgan fingerprint density at radius 3 is 2.52 bits per heavy atom. The maximum absolute atomic E-state index is 12.9. The van der Waals surface area contributed by atoms with E-state index in [2.05, 4.69) is 0 Å². The molecule has 0 spiro atoms. The Morgan fingerprint density at radius 1 is 1.10 bits per heavy atom. The number of carbonyl (C=O) groups excluding carboxylic acids is 2. The molecule has 0 fully saturated rings. The standard InChI is InChI=1S/C22H21NO6/c1-13-15-10-9-14(27-3)11-19(15)29-22(26)17(13)12-20(24)23(2)18-8-6-5-7-16(18)21(25)28-4/h5-11H,12H2,1-4H3. The molecule has 0 saturated carbocycles. The van der Waals surface area contributed by atoms with Crippen molar-refractivity contribution in [1.29, 1.82) is 0 Å². The normalized spacial score (nSPS) is 10.6. The molecule has 3 rings (SSSR count). The van der Waals surface area contributed by atoms with Crippen LogP contribution in [0.5, 0.6) is 5.75 Å². The van der Waals surface area contributed by atoms with Gasteiger partial charge in [0.15, 0.2) is 0 Å². The Labute approximate surface area is 167 Å². The molecule has 0 unspecified atom stereocenters. The highest BCUT2D eigenvalue weighted by atomic mass is 16.5. The number of fused-ring (bicyclic) bond motifs is 1. The number of nitrogens with zero attached hydrogens (tertiary/aromatic N) is 1. The van der Waals surface area contributed by atoms with Crippen molar-refractivity contribution in [2.24, 2.45) is 0 Å². The highest BCUT2D eigenvalue weighted by Gasteiger charge is 2.22. The third kappa shape index (κ3) is 3.85. The smallest absolute Gasteiger partial charge is 0.340 e. The molecule has 150 valence electrons. The topological polar surface area (TPSA) is 86.1 Å². The van der Waals surface area contributed by atoms with Crippen LogP contribution in [0.4, 0.5) is 5.69 Å². The molecule has 1 heterocycles. The van der Waals surface area contributed by atoms with Crippen LogP contribution in [0.3, 0.4) is 0 Å². The van der Waals surface area contributed by atoms with E-state index in [1.54, 1.807) is 56.4 Å². The Bertz CT molecular complexity index is 1150. The summed E-state index contributed by atoms with van der Waals surface area (Å²) in [4.78, 5) is 38.7. The molecule has 0 bridgehead atoms. The Morgan fingerprint density at radius 2 is 1.83 bits per heavy atom. The Balaban J connectivity index is 1.96. The summed E-state index contributed by atoms with van der Waals surface area (Å²) >= 11 is 0. The molecule has 1 amide bonds. The first kappa shape index (κ1) is 20.1. The summed E-state index contributed by atoms with van der Waals surface area (Å²) < 4.78 is 15.3. The number of ether oxygens (including phenoxy) is 2. The number of anilines is 1. The summed E-state index contributed by atoms with van der Waals surface area (Å²) in [5.41, 5.74) is 1.42. The van der Waals surface area contributed by atoms with Crippen molar-refractivity contribution in [3.05, 3.63) is 69.6 Å². The van der Waals surface area contributed by atoms with Gasteiger partial charge < -0.3 is 18.8 Å². The van der Waals surface area contributed by atoms with E-state index < -0.39 is 11.6 Å². The number of carbonyl (C=O) groups is 2. The largest absolute Gasteiger partial charge is 0.497 e. The van der Waals surface area contributed by atoms with Gasteiger partial charge in [0.2, 0.25) is 5.91 Å². The van der Waals surface area contributed by atoms with E-state index in [-0.39, 0.29) is 23.5 Å². The lowest BCUT2D eigenvalue weighted by atomic mass is 10.0. The fourth-order valence-corrected chi connectivity index (χ4v) is 3.16. The second-order valence-corrected chi connectivity index (χ2v) is 6.49. The molecule has 0 radical (unpaired) electrons. The number of methoxy groups -OCH3 is 2. The van der Waals surface area contributed by atoms with E-state index in [4.69, 9.17) is 13.9 Å². The minimum atomic E-state index is -0.578. The van der Waals surface area contributed by atoms with Gasteiger partial charge in [-0.25, -0.2) is 9.59 Å². The van der Waals surface area contributed by atoms with Crippen molar-refractivity contribution < 1.29 is 23.5 Å². The summed E-state index contributed by atoms with van der Waals surface area (Å²) in [7, 11) is 4.35. The molecule has 0 atom stereocenters. The number of hydrogen-bond acceptors (Lipinski definition) is 6. The number of esters is 1. The van der Waals surface area contributed by atoms with Crippen molar-refractivity contribution in [1.82, 2.24) is 0 Å². The first-order chi connectivity index (χ1) is 13.9. The predicted molar refractivity (Wildman–Crippen MR) is 109 cm³/mol. The number of rotatable bonds is 5. The van der Waals surface area contributed by atoms with E-state index in [9.17, 15) is 14.4 Å². The average Bonchev–Trinajstić information content (AvgIpc) is 2.74. The van der Waals surface area contributed by atoms with Gasteiger partial charge in [-0.3, -0.25) is 4.79 Å². The van der Waals surface area contributed by atoms with Gasteiger partial charge in [-0.15, -0.1) is 0 Å². The van der Waals surface area contributed by atoms with Crippen molar-refractivity contribution in [3.8, 4) is 5.75 Å². The zero-order valence-corrected chi connectivity index (χ0v) is 16.6. The minimum absolute atomic E-state index is 0.165. The van der Waals surface area contributed by atoms with Gasteiger partial charge in [0.05, 0.1) is 37.5 Å². The number of amides is 1. The number of para-hydroxylation sites is 1. The summed E-state index contributed by atoms with van der Waals surface area (Å²) in [5.74, 6) is -0.330. The number of benzene rings is 2. The fraction of sp³-hybridized carbons (Fsp3) is 0.227. The Hall–Kier alpha value is -3.61. The maximum Gasteiger partial charge on any atom is 0.340 e. The zero-order valence-electron chi connectivity index (χ0n) is 16.6. The van der Waals surface area contributed by atoms with E-state index in [1.807, 2.05) is 0 Å². The van der Waals surface area contributed by atoms with Crippen LogP contribution in [-0.4, -0.2) is 33.1 Å². The molecule has 0 aliphatic rings. The quantitative estimate of drug-likeness (QED) is 0.487. The van der Waals surface area contributed by atoms with E-state index in [0.29, 0.717) is 22.6 Å². The van der Waals surface area contributed by atoms with Crippen LogP contribution < -0.4 is 15.3 Å². The molecule has 7 heteroatoms. The number of likely N-dealkylation sites (N-methyl/N-ethyl adjacent to an activating group) is 1. The van der Waals surface area contributed by atoms with Crippen LogP contribution in [0, 0.1) is 6.92 Å². The van der Waals surface area contributed by atoms with Crippen molar-refractivity contribution in [3.63, 3.8) is 0 Å². The molecule has 7 nitrogen and oxygen atoms in total. The molecular formula is C22H21NO6. The summed E-state index contributed by atoms with van der Waals surface area (Å²) in [6.45, 7) is 1.77. The molecule has 0 N–H and O–H groups in total. The van der Waals surface area contributed by atoms with Crippen LogP contribution in [0.15, 0.2) is 51.7 Å². The van der Waals surface area contributed by atoms with Gasteiger partial charge >= 0.3 is 11.6 Å². The summed E-state index contributed by atoms with van der Waals surface area (Å²) in [6, 6.07) is 11.8. The third-order valence-electron chi connectivity index (χ3n) is 4.87. The average molecular weight is 395 g/mol. The molecule has 2 aromatic carbocycles. The lowest BCUT2D eigenvalue weighted by Gasteiger charge is -2.20. The molecule has 3 aromatic rings. The van der Waals surface area contributed by atoms with Gasteiger partial charge in [-0.05, 0) is 36.8 Å². The first-order valence-corrected chi connectivity index (χ1v) is 8.91. The van der Waals surface area contributed by atoms with E-state index in [1.165, 1.54) is 19.1 Å². The fourth-order valence-electron chi connectivity index (χ4n) is 3.16. The molecule has 0 aliphatic heterocycles. The lowest BCUT2D eigenvalue weighted by Crippen LogP contribution is -2.31. The van der Waals surface area contributed by atoms with Gasteiger partial charge in [-0.2, -0.15) is 0 Å².